The summed E-state index contributed by atoms with van der Waals surface area (Å²) in [5.41, 5.74) is 10.9. The third-order valence-corrected chi connectivity index (χ3v) is 8.20. The van der Waals surface area contributed by atoms with Crippen LogP contribution in [0.4, 0.5) is 22.0 Å². The molecule has 2 amide bonds. The van der Waals surface area contributed by atoms with E-state index in [1.165, 1.54) is 0 Å². The standard InChI is InChI=1S/C35H41N7O2S/c1-22-12-14-26(15-13-22)42-30(21-29(41-42)35(2,3)4)40-34(44)39-28-11-6-5-10-27(28)31(23-16-18-37-19-17-23)32(43)24-8-7-9-25(20-24)38-33(36)45/h5-15,20-21,23,31,37H,16-19H2,1-4H3,(H3,36,38,45)(H2,39,40,44). The summed E-state index contributed by atoms with van der Waals surface area (Å²) >= 11 is 5.00. The van der Waals surface area contributed by atoms with Crippen LogP contribution in [0.1, 0.15) is 66.7 Å². The van der Waals surface area contributed by atoms with Crippen molar-refractivity contribution in [2.24, 2.45) is 11.7 Å². The van der Waals surface area contributed by atoms with E-state index in [0.717, 1.165) is 48.4 Å². The van der Waals surface area contributed by atoms with Gasteiger partial charge in [0, 0.05) is 28.4 Å². The fraction of sp³-hybridized carbons (Fsp3) is 0.314. The summed E-state index contributed by atoms with van der Waals surface area (Å²) in [5.74, 6) is 0.158. The second-order valence-corrected chi connectivity index (χ2v) is 13.0. The first-order chi connectivity index (χ1) is 21.5. The Morgan fingerprint density at radius 1 is 0.956 bits per heavy atom. The maximum Gasteiger partial charge on any atom is 0.324 e. The third-order valence-electron chi connectivity index (χ3n) is 8.09. The SMILES string of the molecule is Cc1ccc(-n2nc(C(C)(C)C)cc2NC(=O)Nc2ccccc2C(C(=O)c2cccc(NC(N)=S)c2)C2CCNCC2)cc1. The molecule has 6 N–H and O–H groups in total. The van der Waals surface area contributed by atoms with Crippen molar-refractivity contribution in [3.8, 4) is 5.69 Å². The first-order valence-corrected chi connectivity index (χ1v) is 15.7. The number of para-hydroxylation sites is 1. The number of hydrogen-bond acceptors (Lipinski definition) is 5. The molecule has 0 saturated carbocycles. The number of anilines is 3. The van der Waals surface area contributed by atoms with Crippen LogP contribution in [0.25, 0.3) is 5.69 Å². The predicted octanol–water partition coefficient (Wildman–Crippen LogP) is 6.74. The van der Waals surface area contributed by atoms with Crippen molar-refractivity contribution in [3.05, 3.63) is 101 Å². The number of nitrogens with one attached hydrogen (secondary N) is 4. The van der Waals surface area contributed by atoms with Gasteiger partial charge in [-0.15, -0.1) is 0 Å². The Bertz CT molecular complexity index is 1680. The van der Waals surface area contributed by atoms with Gasteiger partial charge in [0.15, 0.2) is 10.9 Å². The van der Waals surface area contributed by atoms with Crippen molar-refractivity contribution >= 4 is 46.3 Å². The zero-order valence-electron chi connectivity index (χ0n) is 26.2. The van der Waals surface area contributed by atoms with E-state index in [4.69, 9.17) is 23.1 Å². The van der Waals surface area contributed by atoms with Crippen LogP contribution in [0.15, 0.2) is 78.9 Å². The number of thiocarbonyl (C=S) groups is 1. The van der Waals surface area contributed by atoms with Gasteiger partial charge in [0.25, 0.3) is 0 Å². The lowest BCUT2D eigenvalue weighted by atomic mass is 9.75. The van der Waals surface area contributed by atoms with Gasteiger partial charge >= 0.3 is 6.03 Å². The number of amides is 2. The number of rotatable bonds is 8. The molecule has 5 rings (SSSR count). The smallest absolute Gasteiger partial charge is 0.324 e. The lowest BCUT2D eigenvalue weighted by molar-refractivity contribution is 0.0916. The first-order valence-electron chi connectivity index (χ1n) is 15.3. The van der Waals surface area contributed by atoms with Gasteiger partial charge < -0.3 is 21.7 Å². The summed E-state index contributed by atoms with van der Waals surface area (Å²) in [6.45, 7) is 9.94. The van der Waals surface area contributed by atoms with E-state index in [9.17, 15) is 9.59 Å². The third kappa shape index (κ3) is 7.76. The minimum absolute atomic E-state index is 0.0181. The summed E-state index contributed by atoms with van der Waals surface area (Å²) in [4.78, 5) is 27.9. The minimum atomic E-state index is -0.464. The van der Waals surface area contributed by atoms with Crippen molar-refractivity contribution in [3.63, 3.8) is 0 Å². The molecular weight excluding hydrogens is 582 g/mol. The van der Waals surface area contributed by atoms with Crippen LogP contribution in [0.2, 0.25) is 0 Å². The molecule has 1 aliphatic heterocycles. The van der Waals surface area contributed by atoms with Crippen LogP contribution in [-0.2, 0) is 5.41 Å². The lowest BCUT2D eigenvalue weighted by Crippen LogP contribution is -2.34. The number of aryl methyl sites for hydroxylation is 1. The van der Waals surface area contributed by atoms with Crippen LogP contribution in [0.5, 0.6) is 0 Å². The average Bonchev–Trinajstić information content (AvgIpc) is 3.43. The topological polar surface area (TPSA) is 126 Å². The molecule has 1 fully saturated rings. The van der Waals surface area contributed by atoms with Gasteiger partial charge in [-0.1, -0.05) is 68.8 Å². The minimum Gasteiger partial charge on any atom is -0.376 e. The molecule has 0 aliphatic carbocycles. The van der Waals surface area contributed by atoms with Gasteiger partial charge in [0.05, 0.1) is 17.3 Å². The maximum atomic E-state index is 14.3. The zero-order valence-corrected chi connectivity index (χ0v) is 27.0. The van der Waals surface area contributed by atoms with Gasteiger partial charge in [-0.05, 0) is 86.9 Å². The lowest BCUT2D eigenvalue weighted by Gasteiger charge is -2.31. The fourth-order valence-corrected chi connectivity index (χ4v) is 5.85. The van der Waals surface area contributed by atoms with E-state index < -0.39 is 11.9 Å². The number of nitrogens with zero attached hydrogens (tertiary/aromatic N) is 2. The fourth-order valence-electron chi connectivity index (χ4n) is 5.73. The number of urea groups is 1. The monoisotopic (exact) mass is 623 g/mol. The van der Waals surface area contributed by atoms with Crippen LogP contribution in [-0.4, -0.2) is 39.8 Å². The number of ketones is 1. The first kappa shape index (κ1) is 31.9. The Hall–Kier alpha value is -4.54. The van der Waals surface area contributed by atoms with E-state index in [-0.39, 0.29) is 22.2 Å². The number of aromatic nitrogens is 2. The van der Waals surface area contributed by atoms with E-state index in [2.05, 4.69) is 42.0 Å². The van der Waals surface area contributed by atoms with Crippen LogP contribution in [0.3, 0.4) is 0 Å². The number of nitrogens with two attached hydrogens (primary N) is 1. The Morgan fingerprint density at radius 3 is 2.36 bits per heavy atom. The Morgan fingerprint density at radius 2 is 1.67 bits per heavy atom. The molecule has 1 saturated heterocycles. The van der Waals surface area contributed by atoms with E-state index in [1.54, 1.807) is 10.7 Å². The Balaban J connectivity index is 1.46. The van der Waals surface area contributed by atoms with Crippen LogP contribution >= 0.6 is 12.2 Å². The summed E-state index contributed by atoms with van der Waals surface area (Å²) in [6, 6.07) is 24.2. The van der Waals surface area contributed by atoms with Crippen molar-refractivity contribution in [1.29, 1.82) is 0 Å². The molecule has 1 aliphatic rings. The molecule has 1 aromatic heterocycles. The Labute approximate surface area is 270 Å². The van der Waals surface area contributed by atoms with Gasteiger partial charge in [-0.3, -0.25) is 10.1 Å². The highest BCUT2D eigenvalue weighted by Crippen LogP contribution is 2.38. The highest BCUT2D eigenvalue weighted by molar-refractivity contribution is 7.80. The van der Waals surface area contributed by atoms with Crippen molar-refractivity contribution in [2.75, 3.05) is 29.0 Å². The van der Waals surface area contributed by atoms with Crippen molar-refractivity contribution < 1.29 is 9.59 Å². The second kappa shape index (κ2) is 13.6. The van der Waals surface area contributed by atoms with E-state index >= 15 is 0 Å². The molecular formula is C35H41N7O2S. The van der Waals surface area contributed by atoms with Crippen LogP contribution < -0.4 is 27.0 Å². The molecule has 3 aromatic carbocycles. The van der Waals surface area contributed by atoms with Gasteiger partial charge in [0.1, 0.15) is 5.82 Å². The molecule has 2 heterocycles. The second-order valence-electron chi connectivity index (χ2n) is 12.6. The predicted molar refractivity (Wildman–Crippen MR) is 186 cm³/mol. The van der Waals surface area contributed by atoms with Crippen molar-refractivity contribution in [2.45, 2.75) is 51.9 Å². The molecule has 45 heavy (non-hydrogen) atoms. The number of benzene rings is 3. The molecule has 234 valence electrons. The molecule has 1 unspecified atom stereocenters. The highest BCUT2D eigenvalue weighted by Gasteiger charge is 2.33. The number of hydrogen-bond donors (Lipinski definition) is 5. The summed E-state index contributed by atoms with van der Waals surface area (Å²) < 4.78 is 1.75. The van der Waals surface area contributed by atoms with Gasteiger partial charge in [-0.2, -0.15) is 5.10 Å². The number of Topliss-reactive ketones (excluding diaryl/α,β-unsaturated/α-hetero) is 1. The molecule has 1 atom stereocenters. The average molecular weight is 624 g/mol. The molecule has 9 nitrogen and oxygen atoms in total. The van der Waals surface area contributed by atoms with Gasteiger partial charge in [0.2, 0.25) is 0 Å². The normalized spacial score (nSPS) is 14.4. The molecule has 4 aromatic rings. The van der Waals surface area contributed by atoms with Gasteiger partial charge in [-0.25, -0.2) is 9.48 Å². The summed E-state index contributed by atoms with van der Waals surface area (Å²) in [6.07, 6.45) is 1.68. The van der Waals surface area contributed by atoms with Crippen LogP contribution in [0, 0.1) is 12.8 Å². The summed E-state index contributed by atoms with van der Waals surface area (Å²) in [7, 11) is 0. The summed E-state index contributed by atoms with van der Waals surface area (Å²) in [5, 5.41) is 17.4. The quantitative estimate of drug-likeness (QED) is 0.109. The Kier molecular flexibility index (Phi) is 9.65. The molecule has 10 heteroatoms. The maximum absolute atomic E-state index is 14.3. The molecule has 0 radical (unpaired) electrons. The number of carbonyl (C=O) groups excluding carboxylic acids is 2. The highest BCUT2D eigenvalue weighted by atomic mass is 32.1. The zero-order chi connectivity index (χ0) is 32.1. The molecule has 0 spiro atoms. The van der Waals surface area contributed by atoms with Crippen molar-refractivity contribution in [1.82, 2.24) is 15.1 Å². The molecule has 0 bridgehead atoms. The van der Waals surface area contributed by atoms with E-state index in [0.29, 0.717) is 22.8 Å². The van der Waals surface area contributed by atoms with E-state index in [1.807, 2.05) is 79.7 Å². The largest absolute Gasteiger partial charge is 0.376 e. The number of piperidine rings is 1. The number of carbonyl (C=O) groups is 2.